The molecule has 0 unspecified atom stereocenters. The number of aromatic nitrogens is 1. The fourth-order valence-corrected chi connectivity index (χ4v) is 3.02. The maximum Gasteiger partial charge on any atom is 0.437 e. The highest BCUT2D eigenvalue weighted by Crippen LogP contribution is 2.44. The number of phenolic OH excluding ortho intramolecular Hbond substituents is 1. The van der Waals surface area contributed by atoms with E-state index in [1.54, 1.807) is 0 Å². The van der Waals surface area contributed by atoms with Gasteiger partial charge in [-0.3, -0.25) is 9.78 Å². The van der Waals surface area contributed by atoms with E-state index in [4.69, 9.17) is 0 Å². The molecule has 0 radical (unpaired) electrons. The third-order valence-electron chi connectivity index (χ3n) is 4.26. The fraction of sp³-hybridized carbons (Fsp3) is 0.235. The Kier molecular flexibility index (Phi) is 4.52. The number of nitrogens with zero attached hydrogens (tertiary/aromatic N) is 1. The number of carbonyl (C=O) groups is 2. The molecule has 1 saturated heterocycles. The first-order valence-corrected chi connectivity index (χ1v) is 7.74. The first-order valence-electron chi connectivity index (χ1n) is 7.74. The van der Waals surface area contributed by atoms with Gasteiger partial charge in [-0.2, -0.15) is 13.2 Å². The van der Waals surface area contributed by atoms with Gasteiger partial charge in [0, 0.05) is 18.0 Å². The molecule has 27 heavy (non-hydrogen) atoms. The molecular weight excluding hydrogens is 367 g/mol. The number of ketones is 1. The monoisotopic (exact) mass is 381 g/mol. The molecule has 3 rings (SSSR count). The second-order valence-electron chi connectivity index (χ2n) is 6.02. The van der Waals surface area contributed by atoms with Gasteiger partial charge in [0.05, 0.1) is 6.04 Å². The van der Waals surface area contributed by atoms with Crippen molar-refractivity contribution >= 4 is 11.8 Å². The van der Waals surface area contributed by atoms with E-state index in [0.29, 0.717) is 0 Å². The van der Waals surface area contributed by atoms with Gasteiger partial charge in [-0.1, -0.05) is 12.1 Å². The molecule has 1 aromatic carbocycles. The molecule has 2 aromatic rings. The zero-order valence-corrected chi connectivity index (χ0v) is 13.6. The number of aliphatic hydroxyl groups is 1. The zero-order valence-electron chi connectivity index (χ0n) is 13.6. The summed E-state index contributed by atoms with van der Waals surface area (Å²) < 4.78 is 41.1. The molecule has 0 bridgehead atoms. The Morgan fingerprint density at radius 1 is 1.22 bits per heavy atom. The van der Waals surface area contributed by atoms with Gasteiger partial charge in [-0.05, 0) is 29.8 Å². The topological polar surface area (TPSA) is 112 Å². The quantitative estimate of drug-likeness (QED) is 0.607. The number of urea groups is 1. The highest BCUT2D eigenvalue weighted by Gasteiger charge is 2.66. The van der Waals surface area contributed by atoms with Crippen LogP contribution in [-0.2, 0) is 0 Å². The minimum Gasteiger partial charge on any atom is -0.508 e. The van der Waals surface area contributed by atoms with Gasteiger partial charge in [0.25, 0.3) is 0 Å². The normalized spacial score (nSPS) is 25.4. The highest BCUT2D eigenvalue weighted by molar-refractivity contribution is 6.00. The maximum absolute atomic E-state index is 13.7. The van der Waals surface area contributed by atoms with Crippen LogP contribution in [-0.4, -0.2) is 38.9 Å². The number of amides is 2. The first kappa shape index (κ1) is 18.6. The van der Waals surface area contributed by atoms with Gasteiger partial charge in [-0.15, -0.1) is 0 Å². The Morgan fingerprint density at radius 2 is 1.96 bits per heavy atom. The van der Waals surface area contributed by atoms with Crippen LogP contribution in [0.2, 0.25) is 0 Å². The van der Waals surface area contributed by atoms with Gasteiger partial charge in [-0.25, -0.2) is 4.79 Å². The molecular formula is C17H14F3N3O4. The lowest BCUT2D eigenvalue weighted by molar-refractivity contribution is -0.287. The van der Waals surface area contributed by atoms with Gasteiger partial charge >= 0.3 is 12.2 Å². The Hall–Kier alpha value is -3.14. The van der Waals surface area contributed by atoms with Crippen LogP contribution in [0.4, 0.5) is 18.0 Å². The van der Waals surface area contributed by atoms with E-state index in [0.717, 1.165) is 12.3 Å². The molecule has 10 heteroatoms. The number of nitrogens with one attached hydrogen (secondary N) is 2. The summed E-state index contributed by atoms with van der Waals surface area (Å²) in [6.07, 6.45) is -2.95. The summed E-state index contributed by atoms with van der Waals surface area (Å²) in [7, 11) is 0. The lowest BCUT2D eigenvalue weighted by Gasteiger charge is -2.45. The average molecular weight is 381 g/mol. The van der Waals surface area contributed by atoms with E-state index in [1.807, 2.05) is 0 Å². The van der Waals surface area contributed by atoms with Crippen molar-refractivity contribution < 1.29 is 33.0 Å². The number of halogens is 3. The molecule has 0 saturated carbocycles. The van der Waals surface area contributed by atoms with E-state index in [2.05, 4.69) is 10.3 Å². The van der Waals surface area contributed by atoms with Gasteiger partial charge in [0.2, 0.25) is 5.72 Å². The summed E-state index contributed by atoms with van der Waals surface area (Å²) in [5.74, 6) is -3.52. The van der Waals surface area contributed by atoms with Gasteiger partial charge in [0.15, 0.2) is 5.78 Å². The van der Waals surface area contributed by atoms with Crippen LogP contribution in [0.1, 0.15) is 22.0 Å². The standard InChI is InChI=1S/C17H14F3N3O4/c18-17(19,20)16(27)12(14(25)10-4-2-6-21-8-10)13(22-15(26)23-16)9-3-1-5-11(24)7-9/h1-8,12-13,24,27H,(H2,22,23,26)/t12-,13+,16+/m1/s1. The second kappa shape index (κ2) is 6.54. The number of Topliss-reactive ketones (excluding diaryl/α,β-unsaturated/α-hetero) is 1. The molecule has 142 valence electrons. The lowest BCUT2D eigenvalue weighted by Crippen LogP contribution is -2.72. The van der Waals surface area contributed by atoms with Crippen molar-refractivity contribution in [1.29, 1.82) is 0 Å². The Bertz CT molecular complexity index is 875. The zero-order chi connectivity index (χ0) is 19.8. The summed E-state index contributed by atoms with van der Waals surface area (Å²) in [5.41, 5.74) is -3.97. The number of phenols is 1. The number of aromatic hydroxyl groups is 1. The van der Waals surface area contributed by atoms with E-state index < -0.39 is 35.7 Å². The molecule has 0 spiro atoms. The molecule has 1 aliphatic heterocycles. The lowest BCUT2D eigenvalue weighted by atomic mass is 9.77. The number of hydrogen-bond acceptors (Lipinski definition) is 5. The van der Waals surface area contributed by atoms with Crippen LogP contribution in [0.5, 0.6) is 5.75 Å². The number of alkyl halides is 3. The predicted molar refractivity (Wildman–Crippen MR) is 85.6 cm³/mol. The largest absolute Gasteiger partial charge is 0.508 e. The van der Waals surface area contributed by atoms with Crippen LogP contribution in [0.15, 0.2) is 48.8 Å². The first-order chi connectivity index (χ1) is 12.6. The minimum atomic E-state index is -5.34. The Morgan fingerprint density at radius 3 is 2.56 bits per heavy atom. The molecule has 3 atom stereocenters. The van der Waals surface area contributed by atoms with Crippen molar-refractivity contribution in [2.75, 3.05) is 0 Å². The molecule has 1 aromatic heterocycles. The molecule has 2 amide bonds. The second-order valence-corrected chi connectivity index (χ2v) is 6.02. The summed E-state index contributed by atoms with van der Waals surface area (Å²) in [6.45, 7) is 0. The highest BCUT2D eigenvalue weighted by atomic mass is 19.4. The summed E-state index contributed by atoms with van der Waals surface area (Å²) in [4.78, 5) is 28.4. The average Bonchev–Trinajstić information content (AvgIpc) is 2.60. The van der Waals surface area contributed by atoms with Crippen molar-refractivity contribution in [3.63, 3.8) is 0 Å². The molecule has 1 aliphatic rings. The Labute approximate surface area is 150 Å². The summed E-state index contributed by atoms with van der Waals surface area (Å²) in [6, 6.07) is 4.81. The van der Waals surface area contributed by atoms with E-state index in [1.165, 1.54) is 41.8 Å². The van der Waals surface area contributed by atoms with Crippen molar-refractivity contribution in [2.24, 2.45) is 5.92 Å². The fourth-order valence-electron chi connectivity index (χ4n) is 3.02. The van der Waals surface area contributed by atoms with Crippen LogP contribution in [0.3, 0.4) is 0 Å². The molecule has 1 fully saturated rings. The van der Waals surface area contributed by atoms with Crippen LogP contribution < -0.4 is 10.6 Å². The molecule has 4 N–H and O–H groups in total. The smallest absolute Gasteiger partial charge is 0.437 e. The summed E-state index contributed by atoms with van der Waals surface area (Å²) in [5, 5.41) is 23.7. The molecule has 0 aliphatic carbocycles. The van der Waals surface area contributed by atoms with Crippen LogP contribution >= 0.6 is 0 Å². The summed E-state index contributed by atoms with van der Waals surface area (Å²) >= 11 is 0. The number of rotatable bonds is 3. The minimum absolute atomic E-state index is 0.0229. The van der Waals surface area contributed by atoms with Crippen molar-refractivity contribution in [2.45, 2.75) is 17.9 Å². The molecule has 2 heterocycles. The third kappa shape index (κ3) is 3.31. The Balaban J connectivity index is 2.17. The van der Waals surface area contributed by atoms with E-state index >= 15 is 0 Å². The number of benzene rings is 1. The number of pyridine rings is 1. The SMILES string of the molecule is O=C1N[C@@H](c2cccc(O)c2)[C@H](C(=O)c2cccnc2)[C@](O)(C(F)(F)F)N1. The number of carbonyl (C=O) groups excluding carboxylic acids is 2. The van der Waals surface area contributed by atoms with Gasteiger partial charge < -0.3 is 20.8 Å². The predicted octanol–water partition coefficient (Wildman–Crippen LogP) is 1.89. The van der Waals surface area contributed by atoms with Gasteiger partial charge in [0.1, 0.15) is 11.7 Å². The molecule has 7 nitrogen and oxygen atoms in total. The van der Waals surface area contributed by atoms with E-state index in [9.17, 15) is 33.0 Å². The third-order valence-corrected chi connectivity index (χ3v) is 4.26. The maximum atomic E-state index is 13.7. The van der Waals surface area contributed by atoms with Crippen molar-refractivity contribution in [3.05, 3.63) is 59.9 Å². The number of hydrogen-bond donors (Lipinski definition) is 4. The van der Waals surface area contributed by atoms with Crippen molar-refractivity contribution in [1.82, 2.24) is 15.6 Å². The van der Waals surface area contributed by atoms with E-state index in [-0.39, 0.29) is 16.9 Å². The van der Waals surface area contributed by atoms with Crippen LogP contribution in [0.25, 0.3) is 0 Å². The van der Waals surface area contributed by atoms with Crippen LogP contribution in [0, 0.1) is 5.92 Å². The van der Waals surface area contributed by atoms with Crippen molar-refractivity contribution in [3.8, 4) is 5.75 Å².